The molecule has 0 aliphatic rings. The molecule has 0 spiro atoms. The zero-order valence-electron chi connectivity index (χ0n) is 11.5. The molecule has 0 bridgehead atoms. The largest absolute Gasteiger partial charge is 0.271 e. The molecule has 0 saturated heterocycles. The third kappa shape index (κ3) is 3.13. The van der Waals surface area contributed by atoms with E-state index in [4.69, 9.17) is 5.84 Å². The number of hydrogen-bond acceptors (Lipinski definition) is 3. The summed E-state index contributed by atoms with van der Waals surface area (Å²) in [7, 11) is 0. The van der Waals surface area contributed by atoms with E-state index >= 15 is 0 Å². The molecule has 3 nitrogen and oxygen atoms in total. The molecule has 0 aliphatic carbocycles. The molecule has 0 aliphatic heterocycles. The standard InChI is InChI=1S/C17H16BrN3/c18-14-5-1-3-12(9-14)10-17(21-19)16-6-2-4-13-11-20-8-7-15(13)16/h1-9,11,17,21H,10,19H2. The van der Waals surface area contributed by atoms with Crippen LogP contribution in [0.15, 0.2) is 65.4 Å². The van der Waals surface area contributed by atoms with Crippen LogP contribution in [0.4, 0.5) is 0 Å². The van der Waals surface area contributed by atoms with E-state index in [0.717, 1.165) is 16.3 Å². The highest BCUT2D eigenvalue weighted by Crippen LogP contribution is 2.26. The van der Waals surface area contributed by atoms with Gasteiger partial charge in [0.25, 0.3) is 0 Å². The number of nitrogens with two attached hydrogens (primary N) is 1. The predicted octanol–water partition coefficient (Wildman–Crippen LogP) is 3.74. The van der Waals surface area contributed by atoms with Crippen LogP contribution in [0, 0.1) is 0 Å². The molecule has 3 N–H and O–H groups in total. The van der Waals surface area contributed by atoms with Crippen LogP contribution >= 0.6 is 15.9 Å². The summed E-state index contributed by atoms with van der Waals surface area (Å²) < 4.78 is 1.08. The lowest BCUT2D eigenvalue weighted by atomic mass is 9.95. The van der Waals surface area contributed by atoms with E-state index in [1.165, 1.54) is 16.5 Å². The minimum absolute atomic E-state index is 0.0606. The first-order valence-electron chi connectivity index (χ1n) is 6.81. The van der Waals surface area contributed by atoms with Gasteiger partial charge in [-0.3, -0.25) is 16.3 Å². The molecule has 2 aromatic carbocycles. The summed E-state index contributed by atoms with van der Waals surface area (Å²) in [5, 5.41) is 2.31. The van der Waals surface area contributed by atoms with Gasteiger partial charge in [0.15, 0.2) is 0 Å². The lowest BCUT2D eigenvalue weighted by Gasteiger charge is -2.18. The van der Waals surface area contributed by atoms with Crippen LogP contribution in [0.1, 0.15) is 17.2 Å². The van der Waals surface area contributed by atoms with E-state index < -0.39 is 0 Å². The molecular weight excluding hydrogens is 326 g/mol. The number of benzene rings is 2. The fourth-order valence-electron chi connectivity index (χ4n) is 2.61. The molecule has 3 aromatic rings. The average molecular weight is 342 g/mol. The van der Waals surface area contributed by atoms with Crippen molar-refractivity contribution < 1.29 is 0 Å². The normalized spacial score (nSPS) is 12.5. The van der Waals surface area contributed by atoms with Crippen molar-refractivity contribution in [2.75, 3.05) is 0 Å². The van der Waals surface area contributed by atoms with Gasteiger partial charge in [0.2, 0.25) is 0 Å². The Labute approximate surface area is 132 Å². The summed E-state index contributed by atoms with van der Waals surface area (Å²) in [6, 6.07) is 16.6. The second-order valence-electron chi connectivity index (χ2n) is 5.00. The molecule has 0 fully saturated rings. The average Bonchev–Trinajstić information content (AvgIpc) is 2.52. The topological polar surface area (TPSA) is 50.9 Å². The molecule has 21 heavy (non-hydrogen) atoms. The molecule has 0 saturated carbocycles. The number of nitrogens with zero attached hydrogens (tertiary/aromatic N) is 1. The van der Waals surface area contributed by atoms with Gasteiger partial charge in [0.1, 0.15) is 0 Å². The maximum absolute atomic E-state index is 5.80. The predicted molar refractivity (Wildman–Crippen MR) is 89.7 cm³/mol. The van der Waals surface area contributed by atoms with E-state index in [-0.39, 0.29) is 6.04 Å². The van der Waals surface area contributed by atoms with Crippen molar-refractivity contribution in [3.63, 3.8) is 0 Å². The van der Waals surface area contributed by atoms with Crippen molar-refractivity contribution in [1.82, 2.24) is 10.4 Å². The van der Waals surface area contributed by atoms with Gasteiger partial charge in [-0.05, 0) is 41.1 Å². The van der Waals surface area contributed by atoms with E-state index in [2.05, 4.69) is 50.6 Å². The van der Waals surface area contributed by atoms with Crippen molar-refractivity contribution >= 4 is 26.7 Å². The summed E-state index contributed by atoms with van der Waals surface area (Å²) in [5.74, 6) is 5.80. The number of fused-ring (bicyclic) bond motifs is 1. The van der Waals surface area contributed by atoms with Gasteiger partial charge in [-0.15, -0.1) is 0 Å². The van der Waals surface area contributed by atoms with Gasteiger partial charge in [0.05, 0.1) is 6.04 Å². The number of hydrogen-bond donors (Lipinski definition) is 2. The van der Waals surface area contributed by atoms with Crippen molar-refractivity contribution in [3.8, 4) is 0 Å². The second kappa shape index (κ2) is 6.35. The molecule has 3 rings (SSSR count). The lowest BCUT2D eigenvalue weighted by Crippen LogP contribution is -2.29. The number of aromatic nitrogens is 1. The monoisotopic (exact) mass is 341 g/mol. The second-order valence-corrected chi connectivity index (χ2v) is 5.91. The van der Waals surface area contributed by atoms with Crippen LogP contribution < -0.4 is 11.3 Å². The van der Waals surface area contributed by atoms with Crippen molar-refractivity contribution in [2.24, 2.45) is 5.84 Å². The van der Waals surface area contributed by atoms with Crippen LogP contribution in [-0.2, 0) is 6.42 Å². The van der Waals surface area contributed by atoms with Gasteiger partial charge in [-0.2, -0.15) is 0 Å². The molecule has 1 heterocycles. The minimum Gasteiger partial charge on any atom is -0.271 e. The summed E-state index contributed by atoms with van der Waals surface area (Å²) >= 11 is 3.51. The fourth-order valence-corrected chi connectivity index (χ4v) is 3.06. The Kier molecular flexibility index (Phi) is 4.29. The van der Waals surface area contributed by atoms with E-state index in [9.17, 15) is 0 Å². The number of nitrogens with one attached hydrogen (secondary N) is 1. The third-order valence-electron chi connectivity index (χ3n) is 3.62. The summed E-state index contributed by atoms with van der Waals surface area (Å²) in [6.07, 6.45) is 4.53. The Morgan fingerprint density at radius 1 is 1.14 bits per heavy atom. The molecule has 1 aromatic heterocycles. The summed E-state index contributed by atoms with van der Waals surface area (Å²) in [4.78, 5) is 4.18. The Balaban J connectivity index is 1.98. The van der Waals surface area contributed by atoms with Crippen LogP contribution in [0.25, 0.3) is 10.8 Å². The van der Waals surface area contributed by atoms with E-state index in [1.54, 1.807) is 0 Å². The van der Waals surface area contributed by atoms with Crippen LogP contribution in [-0.4, -0.2) is 4.98 Å². The molecule has 4 heteroatoms. The molecule has 1 atom stereocenters. The van der Waals surface area contributed by atoms with Gasteiger partial charge < -0.3 is 0 Å². The number of hydrazine groups is 1. The maximum atomic E-state index is 5.80. The molecule has 1 unspecified atom stereocenters. The Morgan fingerprint density at radius 3 is 2.81 bits per heavy atom. The third-order valence-corrected chi connectivity index (χ3v) is 4.11. The number of halogens is 1. The summed E-state index contributed by atoms with van der Waals surface area (Å²) in [5.41, 5.74) is 5.37. The zero-order valence-corrected chi connectivity index (χ0v) is 13.0. The van der Waals surface area contributed by atoms with Crippen molar-refractivity contribution in [1.29, 1.82) is 0 Å². The molecule has 0 radical (unpaired) electrons. The molecular formula is C17H16BrN3. The number of rotatable bonds is 4. The van der Waals surface area contributed by atoms with Crippen molar-refractivity contribution in [2.45, 2.75) is 12.5 Å². The van der Waals surface area contributed by atoms with Crippen LogP contribution in [0.2, 0.25) is 0 Å². The van der Waals surface area contributed by atoms with Gasteiger partial charge in [-0.25, -0.2) is 0 Å². The minimum atomic E-state index is 0.0606. The number of pyridine rings is 1. The zero-order chi connectivity index (χ0) is 14.7. The smallest absolute Gasteiger partial charge is 0.0506 e. The summed E-state index contributed by atoms with van der Waals surface area (Å²) in [6.45, 7) is 0. The van der Waals surface area contributed by atoms with Crippen LogP contribution in [0.5, 0.6) is 0 Å². The van der Waals surface area contributed by atoms with Gasteiger partial charge >= 0.3 is 0 Å². The molecule has 106 valence electrons. The maximum Gasteiger partial charge on any atom is 0.0506 e. The Bertz CT molecular complexity index is 752. The Hall–Kier alpha value is -1.75. The Morgan fingerprint density at radius 2 is 2.00 bits per heavy atom. The SMILES string of the molecule is NNC(Cc1cccc(Br)c1)c1cccc2cnccc12. The fraction of sp³-hybridized carbons (Fsp3) is 0.118. The van der Waals surface area contributed by atoms with Crippen molar-refractivity contribution in [3.05, 3.63) is 76.5 Å². The first-order valence-corrected chi connectivity index (χ1v) is 7.60. The van der Waals surface area contributed by atoms with E-state index in [0.29, 0.717) is 0 Å². The highest BCUT2D eigenvalue weighted by Gasteiger charge is 2.13. The van der Waals surface area contributed by atoms with Gasteiger partial charge in [0, 0.05) is 22.3 Å². The first-order chi connectivity index (χ1) is 10.3. The van der Waals surface area contributed by atoms with E-state index in [1.807, 2.05) is 36.7 Å². The highest BCUT2D eigenvalue weighted by atomic mass is 79.9. The molecule has 0 amide bonds. The quantitative estimate of drug-likeness (QED) is 0.561. The van der Waals surface area contributed by atoms with Gasteiger partial charge in [-0.1, -0.05) is 46.3 Å². The first kappa shape index (κ1) is 14.2. The lowest BCUT2D eigenvalue weighted by molar-refractivity contribution is 0.555. The van der Waals surface area contributed by atoms with Crippen LogP contribution in [0.3, 0.4) is 0 Å². The highest BCUT2D eigenvalue weighted by molar-refractivity contribution is 9.10.